The molecule has 3 aromatic heterocycles. The number of nitrogens with zero attached hydrogens (tertiary/aromatic N) is 4. The minimum Gasteiger partial charge on any atom is -0.474 e. The van der Waals surface area contributed by atoms with Crippen LogP contribution in [0, 0.1) is 0 Å². The first kappa shape index (κ1) is 13.1. The quantitative estimate of drug-likeness (QED) is 0.803. The van der Waals surface area contributed by atoms with Crippen LogP contribution in [0.15, 0.2) is 43.0 Å². The van der Waals surface area contributed by atoms with Gasteiger partial charge < -0.3 is 14.6 Å². The number of hydrogen-bond donors (Lipinski definition) is 1. The van der Waals surface area contributed by atoms with Crippen molar-refractivity contribution >= 4 is 16.9 Å². The van der Waals surface area contributed by atoms with Crippen molar-refractivity contribution in [2.24, 2.45) is 0 Å². The zero-order chi connectivity index (χ0) is 14.8. The summed E-state index contributed by atoms with van der Waals surface area (Å²) in [4.78, 5) is 18.3. The molecule has 4 rings (SSSR count). The number of piperidine rings is 1. The summed E-state index contributed by atoms with van der Waals surface area (Å²) in [5, 5.41) is 1.10. The highest BCUT2D eigenvalue weighted by Crippen LogP contribution is 2.22. The summed E-state index contributed by atoms with van der Waals surface area (Å²) in [5.41, 5.74) is 1.06. The normalized spacial score (nSPS) is 16.1. The van der Waals surface area contributed by atoms with Gasteiger partial charge in [0.05, 0.1) is 5.52 Å². The van der Waals surface area contributed by atoms with Crippen LogP contribution in [0.25, 0.3) is 10.9 Å². The molecule has 0 aliphatic carbocycles. The highest BCUT2D eigenvalue weighted by molar-refractivity contribution is 5.78. The van der Waals surface area contributed by atoms with Crippen molar-refractivity contribution in [3.8, 4) is 5.88 Å². The van der Waals surface area contributed by atoms with Crippen molar-refractivity contribution < 1.29 is 4.74 Å². The van der Waals surface area contributed by atoms with Gasteiger partial charge in [-0.2, -0.15) is 0 Å². The van der Waals surface area contributed by atoms with Crippen molar-refractivity contribution in [2.45, 2.75) is 18.9 Å². The van der Waals surface area contributed by atoms with Crippen molar-refractivity contribution in [2.75, 3.05) is 18.0 Å². The number of pyridine rings is 1. The van der Waals surface area contributed by atoms with Gasteiger partial charge in [0.2, 0.25) is 11.8 Å². The molecule has 0 spiro atoms. The molecule has 4 heterocycles. The molecule has 0 saturated carbocycles. The van der Waals surface area contributed by atoms with Crippen LogP contribution in [0.1, 0.15) is 12.8 Å². The molecule has 0 atom stereocenters. The van der Waals surface area contributed by atoms with E-state index in [1.165, 1.54) is 0 Å². The molecule has 1 fully saturated rings. The van der Waals surface area contributed by atoms with Crippen LogP contribution >= 0.6 is 0 Å². The molecule has 112 valence electrons. The molecule has 1 aliphatic rings. The summed E-state index contributed by atoms with van der Waals surface area (Å²) in [6, 6.07) is 5.80. The third-order valence-corrected chi connectivity index (χ3v) is 3.98. The fourth-order valence-corrected chi connectivity index (χ4v) is 2.79. The highest BCUT2D eigenvalue weighted by Gasteiger charge is 2.22. The highest BCUT2D eigenvalue weighted by atomic mass is 16.5. The molecule has 1 aliphatic heterocycles. The number of fused-ring (bicyclic) bond motifs is 1. The molecular formula is C16H17N5O. The molecule has 0 bridgehead atoms. The number of rotatable bonds is 3. The predicted molar refractivity (Wildman–Crippen MR) is 84.0 cm³/mol. The summed E-state index contributed by atoms with van der Waals surface area (Å²) in [5.74, 6) is 1.48. The molecule has 6 heteroatoms. The lowest BCUT2D eigenvalue weighted by Gasteiger charge is -2.31. The van der Waals surface area contributed by atoms with E-state index in [1.54, 1.807) is 12.4 Å². The Labute approximate surface area is 128 Å². The smallest absolute Gasteiger partial charge is 0.225 e. The van der Waals surface area contributed by atoms with Crippen LogP contribution in [-0.4, -0.2) is 39.1 Å². The molecule has 0 radical (unpaired) electrons. The number of H-pyrrole nitrogens is 1. The van der Waals surface area contributed by atoms with Gasteiger partial charge in [0.15, 0.2) is 0 Å². The van der Waals surface area contributed by atoms with E-state index in [-0.39, 0.29) is 6.10 Å². The number of nitrogens with one attached hydrogen (secondary N) is 1. The number of aromatic nitrogens is 4. The summed E-state index contributed by atoms with van der Waals surface area (Å²) >= 11 is 0. The average molecular weight is 295 g/mol. The zero-order valence-electron chi connectivity index (χ0n) is 12.1. The van der Waals surface area contributed by atoms with Gasteiger partial charge in [-0.15, -0.1) is 0 Å². The zero-order valence-corrected chi connectivity index (χ0v) is 12.1. The van der Waals surface area contributed by atoms with Gasteiger partial charge in [-0.3, -0.25) is 0 Å². The second-order valence-electron chi connectivity index (χ2n) is 5.44. The van der Waals surface area contributed by atoms with Gasteiger partial charge in [-0.1, -0.05) is 0 Å². The summed E-state index contributed by atoms with van der Waals surface area (Å²) in [6.45, 7) is 1.80. The van der Waals surface area contributed by atoms with E-state index in [0.717, 1.165) is 42.8 Å². The van der Waals surface area contributed by atoms with Crippen LogP contribution in [0.3, 0.4) is 0 Å². The number of ether oxygens (including phenoxy) is 1. The van der Waals surface area contributed by atoms with E-state index in [1.807, 2.05) is 30.6 Å². The number of aromatic amines is 1. The van der Waals surface area contributed by atoms with Crippen LogP contribution in [0.4, 0.5) is 5.95 Å². The lowest BCUT2D eigenvalue weighted by Crippen LogP contribution is -2.39. The van der Waals surface area contributed by atoms with Crippen molar-refractivity contribution in [1.29, 1.82) is 0 Å². The van der Waals surface area contributed by atoms with E-state index in [9.17, 15) is 0 Å². The first-order valence-corrected chi connectivity index (χ1v) is 7.50. The van der Waals surface area contributed by atoms with Gasteiger partial charge in [-0.05, 0) is 12.1 Å². The van der Waals surface area contributed by atoms with E-state index >= 15 is 0 Å². The minimum atomic E-state index is 0.194. The van der Waals surface area contributed by atoms with E-state index in [2.05, 4.69) is 24.8 Å². The molecule has 22 heavy (non-hydrogen) atoms. The molecule has 1 N–H and O–H groups in total. The first-order chi connectivity index (χ1) is 10.9. The molecule has 3 aromatic rings. The molecule has 0 amide bonds. The summed E-state index contributed by atoms with van der Waals surface area (Å²) in [6.07, 6.45) is 9.40. The maximum atomic E-state index is 6.02. The molecule has 0 unspecified atom stereocenters. The van der Waals surface area contributed by atoms with Crippen molar-refractivity contribution in [3.63, 3.8) is 0 Å². The van der Waals surface area contributed by atoms with Crippen LogP contribution in [0.5, 0.6) is 5.88 Å². The largest absolute Gasteiger partial charge is 0.474 e. The Morgan fingerprint density at radius 2 is 1.95 bits per heavy atom. The van der Waals surface area contributed by atoms with Gasteiger partial charge in [0.25, 0.3) is 0 Å². The molecular weight excluding hydrogens is 278 g/mol. The second kappa shape index (κ2) is 5.63. The maximum absolute atomic E-state index is 6.02. The molecule has 6 nitrogen and oxygen atoms in total. The maximum Gasteiger partial charge on any atom is 0.225 e. The minimum absolute atomic E-state index is 0.194. The third-order valence-electron chi connectivity index (χ3n) is 3.98. The SMILES string of the molecule is c1cnc(N2CCC(Oc3cc4[nH]ccc4cn3)CC2)nc1. The van der Waals surface area contributed by atoms with E-state index < -0.39 is 0 Å². The average Bonchev–Trinajstić information content (AvgIpc) is 3.04. The molecule has 0 aromatic carbocycles. The topological polar surface area (TPSA) is 66.9 Å². The Balaban J connectivity index is 1.39. The Morgan fingerprint density at radius 1 is 1.14 bits per heavy atom. The van der Waals surface area contributed by atoms with Crippen LogP contribution < -0.4 is 9.64 Å². The monoisotopic (exact) mass is 295 g/mol. The molecule has 1 saturated heterocycles. The number of anilines is 1. The number of hydrogen-bond acceptors (Lipinski definition) is 5. The Morgan fingerprint density at radius 3 is 2.77 bits per heavy atom. The fourth-order valence-electron chi connectivity index (χ4n) is 2.79. The summed E-state index contributed by atoms with van der Waals surface area (Å²) < 4.78 is 6.02. The Hall–Kier alpha value is -2.63. The van der Waals surface area contributed by atoms with Crippen molar-refractivity contribution in [3.05, 3.63) is 43.0 Å². The van der Waals surface area contributed by atoms with Crippen LogP contribution in [-0.2, 0) is 0 Å². The lowest BCUT2D eigenvalue weighted by atomic mass is 10.1. The van der Waals surface area contributed by atoms with E-state index in [0.29, 0.717) is 5.88 Å². The Kier molecular flexibility index (Phi) is 3.34. The van der Waals surface area contributed by atoms with Crippen molar-refractivity contribution in [1.82, 2.24) is 19.9 Å². The fraction of sp³-hybridized carbons (Fsp3) is 0.312. The van der Waals surface area contributed by atoms with Gasteiger partial charge in [-0.25, -0.2) is 15.0 Å². The Bertz CT molecular complexity index is 749. The summed E-state index contributed by atoms with van der Waals surface area (Å²) in [7, 11) is 0. The van der Waals surface area contributed by atoms with Gasteiger partial charge in [0, 0.05) is 62.2 Å². The third kappa shape index (κ3) is 2.59. The lowest BCUT2D eigenvalue weighted by molar-refractivity contribution is 0.164. The second-order valence-corrected chi connectivity index (χ2v) is 5.44. The first-order valence-electron chi connectivity index (χ1n) is 7.50. The predicted octanol–water partition coefficient (Wildman–Crippen LogP) is 2.40. The van der Waals surface area contributed by atoms with Crippen LogP contribution in [0.2, 0.25) is 0 Å². The van der Waals surface area contributed by atoms with Gasteiger partial charge >= 0.3 is 0 Å². The van der Waals surface area contributed by atoms with Gasteiger partial charge in [0.1, 0.15) is 6.10 Å². The standard InChI is InChI=1S/C16H17N5O/c1-5-18-16(19-6-1)21-8-3-13(4-9-21)22-15-10-14-12(11-20-15)2-7-17-14/h1-2,5-7,10-11,13,17H,3-4,8-9H2. The van der Waals surface area contributed by atoms with E-state index in [4.69, 9.17) is 4.74 Å².